The van der Waals surface area contributed by atoms with E-state index in [0.29, 0.717) is 0 Å². The Morgan fingerprint density at radius 2 is 1.73 bits per heavy atom. The Hall–Kier alpha value is -5.72. The molecule has 1 aromatic carbocycles. The Labute approximate surface area is 327 Å². The number of carboxylic acid groups (broad SMARTS) is 2. The number of halogens is 1. The summed E-state index contributed by atoms with van der Waals surface area (Å²) in [6, 6.07) is -3.28. The number of phenols is 1. The molecule has 6 atom stereocenters. The van der Waals surface area contributed by atoms with Crippen LogP contribution in [-0.4, -0.2) is 122 Å². The lowest BCUT2D eigenvalue weighted by Crippen LogP contribution is -2.65. The number of likely N-dealkylation sites (N-methyl/N-ethyl adjacent to an activating group) is 1. The number of carbonyl (C=O) groups excluding carboxylic acids is 5. The van der Waals surface area contributed by atoms with Gasteiger partial charge in [0.05, 0.1) is 11.1 Å². The summed E-state index contributed by atoms with van der Waals surface area (Å²) in [5, 5.41) is 50.2. The normalized spacial score (nSPS) is 24.6. The van der Waals surface area contributed by atoms with Crippen LogP contribution in [-0.2, 0) is 33.6 Å². The molecule has 2 heterocycles. The molecular formula is C37H47ClN6O12. The molecule has 0 saturated heterocycles. The predicted octanol–water partition coefficient (Wildman–Crippen LogP) is 0.853. The number of hydrogen-bond donors (Lipinski definition) is 8. The fraction of sp³-hybridized carbons (Fsp3) is 0.432. The van der Waals surface area contributed by atoms with E-state index in [0.717, 1.165) is 4.90 Å². The smallest absolute Gasteiger partial charge is 0.352 e. The summed E-state index contributed by atoms with van der Waals surface area (Å²) in [7, 11) is 3.05. The molecule has 19 heteroatoms. The molecule has 0 spiro atoms. The molecule has 5 amide bonds. The van der Waals surface area contributed by atoms with Crippen molar-refractivity contribution in [2.24, 2.45) is 0 Å². The van der Waals surface area contributed by atoms with Crippen LogP contribution in [0.25, 0.3) is 0 Å². The molecule has 2 aliphatic heterocycles. The van der Waals surface area contributed by atoms with Gasteiger partial charge in [-0.2, -0.15) is 0 Å². The second-order valence-electron chi connectivity index (χ2n) is 13.7. The lowest BCUT2D eigenvalue weighted by molar-refractivity contribution is -0.146. The number of ether oxygens (including phenoxy) is 1. The minimum absolute atomic E-state index is 0.0192. The number of carboxylic acids is 2. The highest BCUT2D eigenvalue weighted by Gasteiger charge is 2.48. The first kappa shape index (κ1) is 44.7. The van der Waals surface area contributed by atoms with Crippen molar-refractivity contribution in [2.75, 3.05) is 20.6 Å². The van der Waals surface area contributed by atoms with Crippen LogP contribution in [0.15, 0.2) is 59.5 Å². The summed E-state index contributed by atoms with van der Waals surface area (Å²) in [6.45, 7) is 11.3. The van der Waals surface area contributed by atoms with Gasteiger partial charge in [-0.05, 0) is 76.6 Å². The summed E-state index contributed by atoms with van der Waals surface area (Å²) in [5.74, 6) is -8.88. The zero-order chi connectivity index (χ0) is 42.4. The highest BCUT2D eigenvalue weighted by molar-refractivity contribution is 6.32. The first-order valence-corrected chi connectivity index (χ1v) is 17.7. The number of nitrogens with zero attached hydrogens (tertiary/aromatic N) is 2. The molecule has 2 bridgehead atoms. The number of nitrogens with one attached hydrogen (secondary N) is 4. The van der Waals surface area contributed by atoms with Gasteiger partial charge in [0, 0.05) is 6.54 Å². The monoisotopic (exact) mass is 802 g/mol. The summed E-state index contributed by atoms with van der Waals surface area (Å²) in [4.78, 5) is 94.7. The molecule has 56 heavy (non-hydrogen) atoms. The zero-order valence-corrected chi connectivity index (χ0v) is 32.7. The van der Waals surface area contributed by atoms with Gasteiger partial charge >= 0.3 is 11.9 Å². The number of rotatable bonds is 11. The summed E-state index contributed by atoms with van der Waals surface area (Å²) in [5.41, 5.74) is -2.60. The third-order valence-corrected chi connectivity index (χ3v) is 9.72. The molecule has 0 fully saturated rings. The number of allylic oxidation sites excluding steroid dienone is 1. The largest absolute Gasteiger partial charge is 0.503 e. The Morgan fingerprint density at radius 1 is 1.09 bits per heavy atom. The number of carbonyl (C=O) groups is 7. The van der Waals surface area contributed by atoms with E-state index in [1.165, 1.54) is 64.1 Å². The van der Waals surface area contributed by atoms with Crippen LogP contribution in [0.2, 0.25) is 5.02 Å². The highest BCUT2D eigenvalue weighted by atomic mass is 35.5. The van der Waals surface area contributed by atoms with Gasteiger partial charge in [-0.25, -0.2) is 9.59 Å². The number of aliphatic carboxylic acids is 2. The molecular weight excluding hydrogens is 756 g/mol. The molecule has 304 valence electrons. The van der Waals surface area contributed by atoms with E-state index >= 15 is 0 Å². The van der Waals surface area contributed by atoms with Gasteiger partial charge in [0.1, 0.15) is 47.3 Å². The number of amides is 5. The van der Waals surface area contributed by atoms with Gasteiger partial charge in [0.2, 0.25) is 11.8 Å². The topological polar surface area (TPSA) is 264 Å². The standard InChI is InChI=1S/C37H47ClN6O12/c1-9-18(5)26(33(51)39-21(36(54)55)16-24(45)46)41-31(49)22-12-11-13-44(22)35(53)30-37(6,10-2)56-23-15-19(14-20(38)29(23)48)28(47)27(43(7)8)34(52)40-25(17(3)4)32(50)42-30/h11-12,14-16,22,25,27-28,30,47-48H,3,9-10,13H2,1-2,4-8H3,(H,39,51)(H,40,52)(H,41,49)(H,42,50)(H,45,46)(H,54,55)/b21-16+,26-18+/t22-,25-,27-,28+,30+,37-/m0/s1. The van der Waals surface area contributed by atoms with E-state index < -0.39 is 94.5 Å². The van der Waals surface area contributed by atoms with Crippen LogP contribution >= 0.6 is 11.6 Å². The van der Waals surface area contributed by atoms with Gasteiger partial charge in [-0.1, -0.05) is 44.2 Å². The number of aliphatic hydroxyl groups excluding tert-OH is 1. The SMILES string of the molecule is C=C(C)[C@@H]1NC(=O)[C@@H](N(C)C)[C@H](O)c2cc(Cl)c(O)c(c2)O[C@@](C)(CC)[C@@H](C(=O)N2CC=C[C@H]2C(=O)N/C(C(=O)N/C(=C/C(=O)O)C(=O)O)=C(\C)CC)NC1=O. The molecule has 0 unspecified atom stereocenters. The fourth-order valence-corrected chi connectivity index (χ4v) is 6.17. The average Bonchev–Trinajstić information content (AvgIpc) is 3.62. The van der Waals surface area contributed by atoms with Gasteiger partial charge in [0.25, 0.3) is 17.7 Å². The molecule has 0 aromatic heterocycles. The first-order valence-electron chi connectivity index (χ1n) is 17.4. The second kappa shape index (κ2) is 18.3. The van der Waals surface area contributed by atoms with Crippen molar-refractivity contribution in [1.29, 1.82) is 0 Å². The van der Waals surface area contributed by atoms with Crippen LogP contribution < -0.4 is 26.0 Å². The van der Waals surface area contributed by atoms with Crippen molar-refractivity contribution in [2.45, 2.75) is 83.3 Å². The average molecular weight is 803 g/mol. The third kappa shape index (κ3) is 9.92. The maximum atomic E-state index is 14.7. The molecule has 0 radical (unpaired) electrons. The van der Waals surface area contributed by atoms with Gasteiger partial charge < -0.3 is 51.3 Å². The lowest BCUT2D eigenvalue weighted by atomic mass is 9.90. The van der Waals surface area contributed by atoms with E-state index in [1.807, 2.05) is 5.32 Å². The fourth-order valence-electron chi connectivity index (χ4n) is 5.95. The summed E-state index contributed by atoms with van der Waals surface area (Å²) < 4.78 is 6.32. The van der Waals surface area contributed by atoms with Crippen molar-refractivity contribution < 1.29 is 58.7 Å². The number of benzene rings is 1. The quantitative estimate of drug-likeness (QED) is 0.114. The van der Waals surface area contributed by atoms with Crippen LogP contribution in [0, 0.1) is 0 Å². The number of aromatic hydroxyl groups is 1. The zero-order valence-electron chi connectivity index (χ0n) is 31.9. The van der Waals surface area contributed by atoms with Crippen LogP contribution in [0.5, 0.6) is 11.5 Å². The second-order valence-corrected chi connectivity index (χ2v) is 14.1. The maximum Gasteiger partial charge on any atom is 0.352 e. The summed E-state index contributed by atoms with van der Waals surface area (Å²) in [6.07, 6.45) is 1.73. The molecule has 0 saturated carbocycles. The van der Waals surface area contributed by atoms with E-state index in [4.69, 9.17) is 21.4 Å². The Kier molecular flexibility index (Phi) is 14.6. The van der Waals surface area contributed by atoms with Crippen molar-refractivity contribution >= 4 is 53.1 Å². The third-order valence-electron chi connectivity index (χ3n) is 9.43. The van der Waals surface area contributed by atoms with Crippen LogP contribution in [0.3, 0.4) is 0 Å². The van der Waals surface area contributed by atoms with Gasteiger partial charge in [-0.3, -0.25) is 28.9 Å². The Balaban J connectivity index is 2.13. The van der Waals surface area contributed by atoms with E-state index in [2.05, 4.69) is 22.5 Å². The Bertz CT molecular complexity index is 1910. The van der Waals surface area contributed by atoms with Gasteiger partial charge in [-0.15, -0.1) is 0 Å². The number of phenolic OH excluding ortho intramolecular Hbond substituents is 1. The Morgan fingerprint density at radius 3 is 2.27 bits per heavy atom. The summed E-state index contributed by atoms with van der Waals surface area (Å²) >= 11 is 6.37. The first-order chi connectivity index (χ1) is 26.1. The predicted molar refractivity (Wildman–Crippen MR) is 201 cm³/mol. The van der Waals surface area contributed by atoms with Crippen molar-refractivity contribution in [3.63, 3.8) is 0 Å². The maximum absolute atomic E-state index is 14.7. The molecule has 0 aliphatic carbocycles. The van der Waals surface area contributed by atoms with E-state index in [9.17, 15) is 48.9 Å². The minimum atomic E-state index is -1.75. The molecule has 8 N–H and O–H groups in total. The van der Waals surface area contributed by atoms with Crippen molar-refractivity contribution in [3.8, 4) is 11.5 Å². The minimum Gasteiger partial charge on any atom is -0.503 e. The number of fused-ring (bicyclic) bond motifs is 2. The van der Waals surface area contributed by atoms with Crippen molar-refractivity contribution in [1.82, 2.24) is 31.1 Å². The van der Waals surface area contributed by atoms with Gasteiger partial charge in [0.15, 0.2) is 11.5 Å². The van der Waals surface area contributed by atoms with E-state index in [1.54, 1.807) is 13.8 Å². The van der Waals surface area contributed by atoms with Crippen LogP contribution in [0.1, 0.15) is 59.1 Å². The van der Waals surface area contributed by atoms with E-state index in [-0.39, 0.29) is 52.9 Å². The molecule has 1 aromatic rings. The molecule has 2 aliphatic rings. The van der Waals surface area contributed by atoms with Crippen LogP contribution in [0.4, 0.5) is 0 Å². The van der Waals surface area contributed by atoms with Crippen molar-refractivity contribution in [3.05, 3.63) is 70.1 Å². The molecule has 3 rings (SSSR count). The lowest BCUT2D eigenvalue weighted by Gasteiger charge is -2.40. The number of hydrogen-bond acceptors (Lipinski definition) is 11. The molecule has 18 nitrogen and oxygen atoms in total. The number of aliphatic hydroxyl groups is 1. The highest BCUT2D eigenvalue weighted by Crippen LogP contribution is 2.41.